The van der Waals surface area contributed by atoms with Crippen molar-refractivity contribution in [2.75, 3.05) is 12.3 Å². The van der Waals surface area contributed by atoms with Gasteiger partial charge < -0.3 is 25.4 Å². The Hall–Kier alpha value is -3.10. The summed E-state index contributed by atoms with van der Waals surface area (Å²) in [6.45, 7) is 3.54. The summed E-state index contributed by atoms with van der Waals surface area (Å²) in [6, 6.07) is 15.8. The number of ketones is 2. The molecule has 1 heterocycles. The molecule has 9 atom stereocenters. The van der Waals surface area contributed by atoms with Gasteiger partial charge in [-0.25, -0.2) is 0 Å². The fourth-order valence-electron chi connectivity index (χ4n) is 9.62. The minimum absolute atomic E-state index is 0.00349. The normalized spacial score (nSPS) is 40.1. The smallest absolute Gasteiger partial charge is 0.193 e. The number of rotatable bonds is 5. The van der Waals surface area contributed by atoms with Gasteiger partial charge in [-0.2, -0.15) is 0 Å². The Labute approximate surface area is 246 Å². The second-order valence-corrected chi connectivity index (χ2v) is 13.5. The second kappa shape index (κ2) is 9.71. The van der Waals surface area contributed by atoms with Crippen molar-refractivity contribution in [1.29, 1.82) is 0 Å². The van der Waals surface area contributed by atoms with E-state index in [1.54, 1.807) is 12.2 Å². The largest absolute Gasteiger partial charge is 0.399 e. The van der Waals surface area contributed by atoms with Gasteiger partial charge in [-0.15, -0.1) is 0 Å². The van der Waals surface area contributed by atoms with E-state index < -0.39 is 41.5 Å². The number of carbonyl (C=O) groups excluding carboxylic acids is 2. The summed E-state index contributed by atoms with van der Waals surface area (Å²) in [7, 11) is 0. The van der Waals surface area contributed by atoms with E-state index >= 15 is 0 Å². The summed E-state index contributed by atoms with van der Waals surface area (Å²) in [6.07, 6.45) is 6.65. The fraction of sp³-hybridized carbons (Fsp3) is 0.486. The highest BCUT2D eigenvalue weighted by Gasteiger charge is 2.75. The van der Waals surface area contributed by atoms with Crippen molar-refractivity contribution in [2.24, 2.45) is 28.6 Å². The third-order valence-electron chi connectivity index (χ3n) is 11.4. The molecule has 1 saturated heterocycles. The Balaban J connectivity index is 1.21. The topological polar surface area (TPSA) is 119 Å². The maximum absolute atomic E-state index is 13.8. The highest BCUT2D eigenvalue weighted by atomic mass is 16.7. The van der Waals surface area contributed by atoms with Gasteiger partial charge >= 0.3 is 0 Å². The summed E-state index contributed by atoms with van der Waals surface area (Å²) in [4.78, 5) is 25.9. The van der Waals surface area contributed by atoms with Gasteiger partial charge in [0.2, 0.25) is 0 Å². The van der Waals surface area contributed by atoms with E-state index in [4.69, 9.17) is 15.2 Å². The number of benzene rings is 2. The Bertz CT molecular complexity index is 1510. The van der Waals surface area contributed by atoms with E-state index in [0.29, 0.717) is 19.3 Å². The molecule has 0 unspecified atom stereocenters. The number of aliphatic hydroxyl groups excluding tert-OH is 2. The molecule has 0 aromatic heterocycles. The zero-order valence-electron chi connectivity index (χ0n) is 24.2. The van der Waals surface area contributed by atoms with Crippen LogP contribution in [-0.2, 0) is 25.5 Å². The molecule has 0 bridgehead atoms. The quantitative estimate of drug-likeness (QED) is 0.455. The summed E-state index contributed by atoms with van der Waals surface area (Å²) in [5.41, 5.74) is 8.29. The van der Waals surface area contributed by atoms with Crippen LogP contribution in [0.15, 0.2) is 72.3 Å². The number of nitrogens with two attached hydrogens (primary N) is 1. The maximum atomic E-state index is 13.8. The van der Waals surface area contributed by atoms with Crippen LogP contribution < -0.4 is 5.73 Å². The Morgan fingerprint density at radius 3 is 2.64 bits per heavy atom. The van der Waals surface area contributed by atoms with Crippen molar-refractivity contribution in [3.8, 4) is 0 Å². The molecule has 4 aliphatic carbocycles. The number of aliphatic hydroxyl groups is 2. The summed E-state index contributed by atoms with van der Waals surface area (Å²) in [5, 5.41) is 22.1. The minimum Gasteiger partial charge on any atom is -0.399 e. The van der Waals surface area contributed by atoms with E-state index in [0.717, 1.165) is 40.8 Å². The molecule has 2 aromatic rings. The van der Waals surface area contributed by atoms with Crippen molar-refractivity contribution in [1.82, 2.24) is 0 Å². The van der Waals surface area contributed by atoms with Gasteiger partial charge in [0.25, 0.3) is 0 Å². The van der Waals surface area contributed by atoms with E-state index in [-0.39, 0.29) is 29.3 Å². The van der Waals surface area contributed by atoms with E-state index in [1.165, 1.54) is 0 Å². The predicted molar refractivity (Wildman–Crippen MR) is 157 cm³/mol. The number of allylic oxidation sites excluding steroid dienone is 4. The zero-order valence-corrected chi connectivity index (χ0v) is 24.2. The highest BCUT2D eigenvalue weighted by molar-refractivity contribution is 6.01. The van der Waals surface area contributed by atoms with Crippen LogP contribution in [-0.4, -0.2) is 46.2 Å². The molecule has 0 amide bonds. The van der Waals surface area contributed by atoms with Gasteiger partial charge in [0, 0.05) is 28.0 Å². The number of carbonyl (C=O) groups is 2. The molecule has 7 rings (SSSR count). The highest BCUT2D eigenvalue weighted by Crippen LogP contribution is 2.70. The Morgan fingerprint density at radius 2 is 1.88 bits per heavy atom. The lowest BCUT2D eigenvalue weighted by molar-refractivity contribution is -0.201. The molecule has 5 aliphatic rings. The van der Waals surface area contributed by atoms with Crippen LogP contribution in [0.2, 0.25) is 0 Å². The molecule has 7 heteroatoms. The first kappa shape index (κ1) is 27.7. The van der Waals surface area contributed by atoms with Gasteiger partial charge in [-0.1, -0.05) is 61.9 Å². The number of fused-ring (bicyclic) bond motifs is 7. The van der Waals surface area contributed by atoms with Crippen molar-refractivity contribution in [3.05, 3.63) is 89.0 Å². The summed E-state index contributed by atoms with van der Waals surface area (Å²) >= 11 is 0. The SMILES string of the molecule is C[C@]12C=CC(=O)C=C1CC[C@@H]1[C@@H]2[C@@H](O)C[C@@]2(C)[C@H]1C[C@H]1O[C@@H](c3cccc(Cc4cccc(N)c4)c3)O[C@]12C(=O)CO. The first-order chi connectivity index (χ1) is 20.1. The van der Waals surface area contributed by atoms with Crippen molar-refractivity contribution in [2.45, 2.75) is 70.1 Å². The van der Waals surface area contributed by atoms with E-state index in [2.05, 4.69) is 13.8 Å². The van der Waals surface area contributed by atoms with Gasteiger partial charge in [-0.05, 0) is 79.4 Å². The molecule has 42 heavy (non-hydrogen) atoms. The Morgan fingerprint density at radius 1 is 1.12 bits per heavy atom. The van der Waals surface area contributed by atoms with Crippen LogP contribution in [0.25, 0.3) is 0 Å². The van der Waals surface area contributed by atoms with Crippen LogP contribution in [0.5, 0.6) is 0 Å². The molecule has 0 spiro atoms. The summed E-state index contributed by atoms with van der Waals surface area (Å²) < 4.78 is 13.4. The molecule has 4 fully saturated rings. The van der Waals surface area contributed by atoms with E-state index in [1.807, 2.05) is 54.6 Å². The maximum Gasteiger partial charge on any atom is 0.193 e. The average Bonchev–Trinajstić information content (AvgIpc) is 3.46. The van der Waals surface area contributed by atoms with Crippen molar-refractivity contribution >= 4 is 17.3 Å². The first-order valence-corrected chi connectivity index (χ1v) is 15.1. The van der Waals surface area contributed by atoms with Gasteiger partial charge in [-0.3, -0.25) is 9.59 Å². The molecule has 220 valence electrons. The number of Topliss-reactive ketones (excluding diaryl/α,β-unsaturated/α-hetero) is 1. The van der Waals surface area contributed by atoms with Crippen molar-refractivity contribution in [3.63, 3.8) is 0 Å². The van der Waals surface area contributed by atoms with Crippen LogP contribution in [0.4, 0.5) is 5.69 Å². The molecule has 4 N–H and O–H groups in total. The first-order valence-electron chi connectivity index (χ1n) is 15.1. The molecule has 3 saturated carbocycles. The van der Waals surface area contributed by atoms with Gasteiger partial charge in [0.05, 0.1) is 12.2 Å². The lowest BCUT2D eigenvalue weighted by atomic mass is 9.46. The van der Waals surface area contributed by atoms with Gasteiger partial charge in [0.1, 0.15) is 6.61 Å². The zero-order chi connectivity index (χ0) is 29.4. The van der Waals surface area contributed by atoms with E-state index in [9.17, 15) is 19.8 Å². The third kappa shape index (κ3) is 3.87. The van der Waals surface area contributed by atoms with Crippen molar-refractivity contribution < 1.29 is 29.3 Å². The molecule has 0 radical (unpaired) electrons. The number of hydrogen-bond acceptors (Lipinski definition) is 7. The standard InChI is InChI=1S/C35H39NO6/c1-33-12-11-25(38)16-23(33)9-10-26-27-17-30-35(29(40)19-37,34(27,2)18-28(39)31(26)33)42-32(41-30)22-7-3-5-20(14-22)13-21-6-4-8-24(36)15-21/h3-8,11-12,14-16,26-28,30-32,37,39H,9-10,13,17-19,36H2,1-2H3/t26-,27-,28-,30+,31+,32+,33-,34-,35+/m0/s1. The number of nitrogen functional groups attached to an aromatic ring is 1. The molecule has 2 aromatic carbocycles. The minimum atomic E-state index is -1.36. The molecule has 1 aliphatic heterocycles. The average molecular weight is 570 g/mol. The van der Waals surface area contributed by atoms with Gasteiger partial charge in [0.15, 0.2) is 23.5 Å². The summed E-state index contributed by atoms with van der Waals surface area (Å²) in [5.74, 6) is -0.262. The van der Waals surface area contributed by atoms with Crippen LogP contribution in [0, 0.1) is 28.6 Å². The lowest BCUT2D eigenvalue weighted by Gasteiger charge is -2.59. The Kier molecular flexibility index (Phi) is 6.41. The lowest BCUT2D eigenvalue weighted by Crippen LogP contribution is -2.63. The van der Waals surface area contributed by atoms with Crippen LogP contribution >= 0.6 is 0 Å². The van der Waals surface area contributed by atoms with Crippen LogP contribution in [0.3, 0.4) is 0 Å². The predicted octanol–water partition coefficient (Wildman–Crippen LogP) is 4.46. The number of ether oxygens (including phenoxy) is 2. The molecular formula is C35H39NO6. The molecule has 7 nitrogen and oxygen atoms in total. The monoisotopic (exact) mass is 569 g/mol. The third-order valence-corrected chi connectivity index (χ3v) is 11.4. The fourth-order valence-corrected chi connectivity index (χ4v) is 9.62. The van der Waals surface area contributed by atoms with Crippen LogP contribution in [0.1, 0.15) is 62.5 Å². The second-order valence-electron chi connectivity index (χ2n) is 13.5. The molecular weight excluding hydrogens is 530 g/mol. The number of anilines is 1. The number of hydrogen-bond donors (Lipinski definition) is 3.